The predicted octanol–water partition coefficient (Wildman–Crippen LogP) is 2.28. The minimum atomic E-state index is -0.385. The van der Waals surface area contributed by atoms with Crippen LogP contribution in [0.1, 0.15) is 18.4 Å². The number of rotatable bonds is 4. The number of aryl methyl sites for hydroxylation is 1. The van der Waals surface area contributed by atoms with E-state index in [4.69, 9.17) is 4.74 Å². The van der Waals surface area contributed by atoms with Crippen molar-refractivity contribution < 1.29 is 9.66 Å². The molecule has 0 spiro atoms. The van der Waals surface area contributed by atoms with Crippen LogP contribution in [-0.4, -0.2) is 24.6 Å². The molecule has 1 N–H and O–H groups in total. The molecule has 1 fully saturated rings. The van der Waals surface area contributed by atoms with E-state index in [1.807, 2.05) is 6.92 Å². The van der Waals surface area contributed by atoms with E-state index in [-0.39, 0.29) is 10.6 Å². The van der Waals surface area contributed by atoms with E-state index in [1.54, 1.807) is 12.1 Å². The highest BCUT2D eigenvalue weighted by molar-refractivity contribution is 5.42. The molecule has 0 bridgehead atoms. The number of non-ortho nitro benzene ring substituents is 1. The molecule has 5 nitrogen and oxygen atoms in total. The van der Waals surface area contributed by atoms with Crippen molar-refractivity contribution in [1.82, 2.24) is 5.32 Å². The van der Waals surface area contributed by atoms with Gasteiger partial charge in [-0.2, -0.15) is 0 Å². The maximum absolute atomic E-state index is 10.6. The summed E-state index contributed by atoms with van der Waals surface area (Å²) in [7, 11) is 0. The van der Waals surface area contributed by atoms with E-state index in [9.17, 15) is 10.1 Å². The third-order valence-electron chi connectivity index (χ3n) is 3.30. The third kappa shape index (κ3) is 3.20. The monoisotopic (exact) mass is 250 g/mol. The summed E-state index contributed by atoms with van der Waals surface area (Å²) < 4.78 is 5.76. The highest BCUT2D eigenvalue weighted by Gasteiger charge is 2.15. The maximum Gasteiger partial charge on any atom is 0.269 e. The lowest BCUT2D eigenvalue weighted by Crippen LogP contribution is -2.30. The minimum absolute atomic E-state index is 0.113. The average molecular weight is 250 g/mol. The van der Waals surface area contributed by atoms with E-state index in [0.717, 1.165) is 37.2 Å². The van der Waals surface area contributed by atoms with Gasteiger partial charge < -0.3 is 10.1 Å². The number of ether oxygens (including phenoxy) is 1. The van der Waals surface area contributed by atoms with Crippen molar-refractivity contribution in [2.75, 3.05) is 19.7 Å². The van der Waals surface area contributed by atoms with Crippen LogP contribution in [0.25, 0.3) is 0 Å². The number of hydrogen-bond donors (Lipinski definition) is 1. The molecule has 1 aromatic rings. The number of hydrogen-bond acceptors (Lipinski definition) is 4. The molecule has 0 radical (unpaired) electrons. The molecule has 0 aliphatic carbocycles. The summed E-state index contributed by atoms with van der Waals surface area (Å²) in [5.74, 6) is 1.33. The quantitative estimate of drug-likeness (QED) is 0.657. The lowest BCUT2D eigenvalue weighted by atomic mass is 9.99. The summed E-state index contributed by atoms with van der Waals surface area (Å²) in [6, 6.07) is 4.73. The van der Waals surface area contributed by atoms with Crippen LogP contribution in [0.15, 0.2) is 18.2 Å². The second kappa shape index (κ2) is 5.82. The van der Waals surface area contributed by atoms with Gasteiger partial charge in [0.1, 0.15) is 5.75 Å². The average Bonchev–Trinajstić information content (AvgIpc) is 2.38. The van der Waals surface area contributed by atoms with E-state index in [1.165, 1.54) is 6.07 Å². The molecule has 1 saturated heterocycles. The molecule has 98 valence electrons. The maximum atomic E-state index is 10.6. The van der Waals surface area contributed by atoms with Gasteiger partial charge in [0.2, 0.25) is 0 Å². The van der Waals surface area contributed by atoms with Crippen molar-refractivity contribution in [1.29, 1.82) is 0 Å². The summed E-state index contributed by atoms with van der Waals surface area (Å²) in [5, 5.41) is 13.9. The normalized spacial score (nSPS) is 16.5. The van der Waals surface area contributed by atoms with Gasteiger partial charge in [-0.3, -0.25) is 10.1 Å². The molecule has 0 amide bonds. The number of piperidine rings is 1. The lowest BCUT2D eigenvalue weighted by molar-refractivity contribution is -0.384. The summed E-state index contributed by atoms with van der Waals surface area (Å²) in [6.07, 6.45) is 2.26. The van der Waals surface area contributed by atoms with Gasteiger partial charge in [0, 0.05) is 12.1 Å². The second-order valence-corrected chi connectivity index (χ2v) is 4.71. The van der Waals surface area contributed by atoms with Gasteiger partial charge in [0.25, 0.3) is 5.69 Å². The van der Waals surface area contributed by atoms with Gasteiger partial charge in [-0.25, -0.2) is 0 Å². The fraction of sp³-hybridized carbons (Fsp3) is 0.538. The van der Waals surface area contributed by atoms with E-state index in [2.05, 4.69) is 5.32 Å². The van der Waals surface area contributed by atoms with Gasteiger partial charge in [-0.05, 0) is 50.4 Å². The van der Waals surface area contributed by atoms with Crippen molar-refractivity contribution in [2.45, 2.75) is 19.8 Å². The Balaban J connectivity index is 1.94. The Morgan fingerprint density at radius 1 is 1.44 bits per heavy atom. The lowest BCUT2D eigenvalue weighted by Gasteiger charge is -2.23. The first-order valence-electron chi connectivity index (χ1n) is 6.25. The summed E-state index contributed by atoms with van der Waals surface area (Å²) in [6.45, 7) is 4.63. The van der Waals surface area contributed by atoms with Gasteiger partial charge >= 0.3 is 0 Å². The topological polar surface area (TPSA) is 64.4 Å². The van der Waals surface area contributed by atoms with Crippen molar-refractivity contribution in [3.63, 3.8) is 0 Å². The first-order valence-corrected chi connectivity index (χ1v) is 6.25. The molecule has 1 heterocycles. The van der Waals surface area contributed by atoms with Gasteiger partial charge in [-0.15, -0.1) is 0 Å². The fourth-order valence-corrected chi connectivity index (χ4v) is 2.17. The Morgan fingerprint density at radius 2 is 2.17 bits per heavy atom. The molecule has 1 aliphatic heterocycles. The summed E-state index contributed by atoms with van der Waals surface area (Å²) in [4.78, 5) is 10.2. The molecule has 18 heavy (non-hydrogen) atoms. The van der Waals surface area contributed by atoms with Crippen molar-refractivity contribution in [2.24, 2.45) is 5.92 Å². The number of nitrogens with zero attached hydrogens (tertiary/aromatic N) is 1. The first-order chi connectivity index (χ1) is 8.66. The van der Waals surface area contributed by atoms with Crippen molar-refractivity contribution >= 4 is 5.69 Å². The number of benzene rings is 1. The molecule has 1 aromatic carbocycles. The van der Waals surface area contributed by atoms with Crippen molar-refractivity contribution in [3.05, 3.63) is 33.9 Å². The molecule has 5 heteroatoms. The van der Waals surface area contributed by atoms with Crippen LogP contribution in [0.3, 0.4) is 0 Å². The van der Waals surface area contributed by atoms with Crippen LogP contribution in [0.4, 0.5) is 5.69 Å². The second-order valence-electron chi connectivity index (χ2n) is 4.71. The summed E-state index contributed by atoms with van der Waals surface area (Å²) >= 11 is 0. The minimum Gasteiger partial charge on any atom is -0.493 e. The number of nitrogens with one attached hydrogen (secondary N) is 1. The SMILES string of the molecule is Cc1cc([N+](=O)[O-])ccc1OCC1CCNCC1. The largest absolute Gasteiger partial charge is 0.493 e. The van der Waals surface area contributed by atoms with Crippen molar-refractivity contribution in [3.8, 4) is 5.75 Å². The van der Waals surface area contributed by atoms with Crippen LogP contribution >= 0.6 is 0 Å². The zero-order valence-electron chi connectivity index (χ0n) is 10.5. The molecule has 0 saturated carbocycles. The van der Waals surface area contributed by atoms with E-state index in [0.29, 0.717) is 12.5 Å². The molecule has 0 aromatic heterocycles. The smallest absolute Gasteiger partial charge is 0.269 e. The van der Waals surface area contributed by atoms with Crippen LogP contribution in [0, 0.1) is 23.0 Å². The molecule has 0 atom stereocenters. The summed E-state index contributed by atoms with van der Waals surface area (Å²) in [5.41, 5.74) is 0.930. The zero-order valence-corrected chi connectivity index (χ0v) is 10.5. The molecule has 1 aliphatic rings. The van der Waals surface area contributed by atoms with Crippen LogP contribution < -0.4 is 10.1 Å². The van der Waals surface area contributed by atoms with Gasteiger partial charge in [0.05, 0.1) is 11.5 Å². The first kappa shape index (κ1) is 12.8. The Kier molecular flexibility index (Phi) is 4.15. The molecule has 0 unspecified atom stereocenters. The van der Waals surface area contributed by atoms with E-state index >= 15 is 0 Å². The highest BCUT2D eigenvalue weighted by atomic mass is 16.6. The molecular weight excluding hydrogens is 232 g/mol. The Hall–Kier alpha value is -1.62. The standard InChI is InChI=1S/C13H18N2O3/c1-10-8-12(15(16)17)2-3-13(10)18-9-11-4-6-14-7-5-11/h2-3,8,11,14H,4-7,9H2,1H3. The fourth-order valence-electron chi connectivity index (χ4n) is 2.17. The Bertz CT molecular complexity index is 428. The zero-order chi connectivity index (χ0) is 13.0. The predicted molar refractivity (Wildman–Crippen MR) is 68.9 cm³/mol. The third-order valence-corrected chi connectivity index (χ3v) is 3.30. The Labute approximate surface area is 106 Å². The van der Waals surface area contributed by atoms with Gasteiger partial charge in [-0.1, -0.05) is 0 Å². The molecule has 2 rings (SSSR count). The molecular formula is C13H18N2O3. The van der Waals surface area contributed by atoms with Gasteiger partial charge in [0.15, 0.2) is 0 Å². The number of nitro benzene ring substituents is 1. The van der Waals surface area contributed by atoms with E-state index < -0.39 is 0 Å². The Morgan fingerprint density at radius 3 is 2.78 bits per heavy atom. The van der Waals surface area contributed by atoms with Crippen LogP contribution in [0.2, 0.25) is 0 Å². The number of nitro groups is 1. The van der Waals surface area contributed by atoms with Crippen LogP contribution in [-0.2, 0) is 0 Å². The van der Waals surface area contributed by atoms with Crippen LogP contribution in [0.5, 0.6) is 5.75 Å². The highest BCUT2D eigenvalue weighted by Crippen LogP contribution is 2.24.